The third-order valence-electron chi connectivity index (χ3n) is 4.55. The second-order valence-corrected chi connectivity index (χ2v) is 6.16. The van der Waals surface area contributed by atoms with Gasteiger partial charge in [0.2, 0.25) is 5.75 Å². The summed E-state index contributed by atoms with van der Waals surface area (Å²) in [6.07, 6.45) is 1.55. The first kappa shape index (κ1) is 17.0. The first-order valence-corrected chi connectivity index (χ1v) is 8.32. The minimum absolute atomic E-state index is 0.377. The first-order valence-electron chi connectivity index (χ1n) is 8.32. The molecule has 2 aromatic carbocycles. The average Bonchev–Trinajstić information content (AvgIpc) is 3.13. The molecule has 0 aliphatic carbocycles. The van der Waals surface area contributed by atoms with Crippen LogP contribution in [0.25, 0.3) is 33.1 Å². The Morgan fingerprint density at radius 1 is 0.926 bits per heavy atom. The van der Waals surface area contributed by atoms with Gasteiger partial charge in [-0.05, 0) is 36.8 Å². The molecule has 2 aromatic heterocycles. The van der Waals surface area contributed by atoms with Crippen molar-refractivity contribution in [3.05, 3.63) is 52.6 Å². The zero-order valence-electron chi connectivity index (χ0n) is 15.4. The van der Waals surface area contributed by atoms with Crippen LogP contribution in [0.4, 0.5) is 0 Å². The summed E-state index contributed by atoms with van der Waals surface area (Å²) in [7, 11) is 4.62. The molecule has 0 unspecified atom stereocenters. The third-order valence-corrected chi connectivity index (χ3v) is 4.55. The molecule has 0 saturated carbocycles. The minimum atomic E-state index is -0.459. The molecular formula is C21H18O6. The van der Waals surface area contributed by atoms with E-state index in [4.69, 9.17) is 23.0 Å². The number of ether oxygens (including phenoxy) is 3. The van der Waals surface area contributed by atoms with Crippen molar-refractivity contribution >= 4 is 21.9 Å². The monoisotopic (exact) mass is 366 g/mol. The van der Waals surface area contributed by atoms with E-state index in [0.29, 0.717) is 44.9 Å². The fourth-order valence-corrected chi connectivity index (χ4v) is 3.27. The molecule has 0 N–H and O–H groups in total. The average molecular weight is 366 g/mol. The molecule has 2 heterocycles. The summed E-state index contributed by atoms with van der Waals surface area (Å²) in [4.78, 5) is 12.7. The number of aryl methyl sites for hydroxylation is 1. The second kappa shape index (κ2) is 6.39. The van der Waals surface area contributed by atoms with Crippen LogP contribution in [0.5, 0.6) is 17.2 Å². The summed E-state index contributed by atoms with van der Waals surface area (Å²) in [5, 5.41) is 1.13. The van der Waals surface area contributed by atoms with Crippen molar-refractivity contribution in [2.45, 2.75) is 6.92 Å². The van der Waals surface area contributed by atoms with Gasteiger partial charge in [-0.1, -0.05) is 11.6 Å². The SMILES string of the molecule is COc1cc(-c2coc3c2c(=O)oc2ccc(C)cc23)cc(OC)c1OC. The molecule has 0 aliphatic rings. The van der Waals surface area contributed by atoms with Crippen LogP contribution in [-0.4, -0.2) is 21.3 Å². The molecule has 6 heteroatoms. The largest absolute Gasteiger partial charge is 0.493 e. The number of rotatable bonds is 4. The second-order valence-electron chi connectivity index (χ2n) is 6.16. The lowest BCUT2D eigenvalue weighted by Crippen LogP contribution is -2.00. The lowest BCUT2D eigenvalue weighted by Gasteiger charge is -2.13. The number of fused-ring (bicyclic) bond motifs is 3. The van der Waals surface area contributed by atoms with Gasteiger partial charge in [-0.2, -0.15) is 0 Å². The van der Waals surface area contributed by atoms with Gasteiger partial charge in [0.1, 0.15) is 11.0 Å². The van der Waals surface area contributed by atoms with Crippen molar-refractivity contribution in [2.24, 2.45) is 0 Å². The molecule has 27 heavy (non-hydrogen) atoms. The van der Waals surface area contributed by atoms with Gasteiger partial charge in [0.15, 0.2) is 17.1 Å². The Bertz CT molecular complexity index is 1190. The maximum Gasteiger partial charge on any atom is 0.348 e. The molecule has 0 amide bonds. The van der Waals surface area contributed by atoms with E-state index in [1.54, 1.807) is 38.7 Å². The Balaban J connectivity index is 2.04. The maximum absolute atomic E-state index is 12.7. The van der Waals surface area contributed by atoms with Crippen LogP contribution in [0.1, 0.15) is 5.56 Å². The van der Waals surface area contributed by atoms with Crippen LogP contribution < -0.4 is 19.8 Å². The number of furan rings is 1. The van der Waals surface area contributed by atoms with Crippen LogP contribution in [0.3, 0.4) is 0 Å². The third kappa shape index (κ3) is 2.61. The zero-order chi connectivity index (χ0) is 19.1. The van der Waals surface area contributed by atoms with Gasteiger partial charge in [-0.25, -0.2) is 4.79 Å². The molecule has 0 atom stereocenters. The van der Waals surface area contributed by atoms with E-state index < -0.39 is 5.63 Å². The smallest absolute Gasteiger partial charge is 0.348 e. The molecule has 4 rings (SSSR count). The number of hydrogen-bond donors (Lipinski definition) is 0. The molecule has 0 aliphatic heterocycles. The van der Waals surface area contributed by atoms with Crippen LogP contribution in [-0.2, 0) is 0 Å². The zero-order valence-corrected chi connectivity index (χ0v) is 15.4. The van der Waals surface area contributed by atoms with Crippen LogP contribution >= 0.6 is 0 Å². The fraction of sp³-hybridized carbons (Fsp3) is 0.190. The van der Waals surface area contributed by atoms with E-state index in [9.17, 15) is 4.79 Å². The summed E-state index contributed by atoms with van der Waals surface area (Å²) in [6.45, 7) is 1.97. The lowest BCUT2D eigenvalue weighted by molar-refractivity contribution is 0.324. The standard InChI is InChI=1S/C21H18O6/c1-11-5-6-15-13(7-11)19-18(21(22)27-15)14(10-26-19)12-8-16(23-2)20(25-4)17(9-12)24-3/h5-10H,1-4H3. The van der Waals surface area contributed by atoms with E-state index in [-0.39, 0.29) is 0 Å². The van der Waals surface area contributed by atoms with E-state index in [1.165, 1.54) is 7.11 Å². The predicted octanol–water partition coefficient (Wildman–Crippen LogP) is 4.54. The first-order chi connectivity index (χ1) is 13.1. The maximum atomic E-state index is 12.7. The Hall–Kier alpha value is -3.41. The molecular weight excluding hydrogens is 348 g/mol. The van der Waals surface area contributed by atoms with Gasteiger partial charge in [0.05, 0.1) is 33.0 Å². The van der Waals surface area contributed by atoms with Crippen molar-refractivity contribution in [2.75, 3.05) is 21.3 Å². The van der Waals surface area contributed by atoms with Crippen molar-refractivity contribution < 1.29 is 23.0 Å². The Kier molecular flexibility index (Phi) is 4.03. The van der Waals surface area contributed by atoms with Gasteiger partial charge < -0.3 is 23.0 Å². The normalized spacial score (nSPS) is 11.1. The summed E-state index contributed by atoms with van der Waals surface area (Å²) in [6, 6.07) is 9.13. The van der Waals surface area contributed by atoms with Crippen molar-refractivity contribution in [3.8, 4) is 28.4 Å². The van der Waals surface area contributed by atoms with Gasteiger partial charge in [-0.15, -0.1) is 0 Å². The molecule has 0 fully saturated rings. The lowest BCUT2D eigenvalue weighted by atomic mass is 10.0. The molecule has 6 nitrogen and oxygen atoms in total. The van der Waals surface area contributed by atoms with Crippen LogP contribution in [0.2, 0.25) is 0 Å². The summed E-state index contributed by atoms with van der Waals surface area (Å²) < 4.78 is 27.5. The number of methoxy groups -OCH3 is 3. The number of benzene rings is 2. The van der Waals surface area contributed by atoms with Gasteiger partial charge >= 0.3 is 5.63 Å². The Morgan fingerprint density at radius 2 is 1.63 bits per heavy atom. The van der Waals surface area contributed by atoms with Crippen molar-refractivity contribution in [1.82, 2.24) is 0 Å². The van der Waals surface area contributed by atoms with Gasteiger partial charge in [-0.3, -0.25) is 0 Å². The van der Waals surface area contributed by atoms with Gasteiger partial charge in [0, 0.05) is 5.56 Å². The van der Waals surface area contributed by atoms with Gasteiger partial charge in [0.25, 0.3) is 0 Å². The highest BCUT2D eigenvalue weighted by atomic mass is 16.5. The van der Waals surface area contributed by atoms with Crippen molar-refractivity contribution in [1.29, 1.82) is 0 Å². The molecule has 4 aromatic rings. The summed E-state index contributed by atoms with van der Waals surface area (Å²) in [5.74, 6) is 1.45. The van der Waals surface area contributed by atoms with Crippen molar-refractivity contribution in [3.63, 3.8) is 0 Å². The molecule has 0 radical (unpaired) electrons. The Morgan fingerprint density at radius 3 is 2.26 bits per heavy atom. The summed E-state index contributed by atoms with van der Waals surface area (Å²) >= 11 is 0. The molecule has 138 valence electrons. The van der Waals surface area contributed by atoms with E-state index in [1.807, 2.05) is 19.1 Å². The number of hydrogen-bond acceptors (Lipinski definition) is 6. The highest BCUT2D eigenvalue weighted by molar-refractivity contribution is 6.06. The topological polar surface area (TPSA) is 71.0 Å². The van der Waals surface area contributed by atoms with Crippen LogP contribution in [0.15, 0.2) is 50.2 Å². The van der Waals surface area contributed by atoms with E-state index in [2.05, 4.69) is 0 Å². The van der Waals surface area contributed by atoms with Crippen LogP contribution in [0, 0.1) is 6.92 Å². The quantitative estimate of drug-likeness (QED) is 0.494. The minimum Gasteiger partial charge on any atom is -0.493 e. The predicted molar refractivity (Wildman–Crippen MR) is 102 cm³/mol. The highest BCUT2D eigenvalue weighted by Crippen LogP contribution is 2.43. The summed E-state index contributed by atoms with van der Waals surface area (Å²) in [5.41, 5.74) is 2.86. The molecule has 0 spiro atoms. The fourth-order valence-electron chi connectivity index (χ4n) is 3.27. The van der Waals surface area contributed by atoms with E-state index >= 15 is 0 Å². The van der Waals surface area contributed by atoms with E-state index in [0.717, 1.165) is 10.9 Å². The molecule has 0 bridgehead atoms. The molecule has 0 saturated heterocycles. The Labute approximate surface area is 154 Å². The highest BCUT2D eigenvalue weighted by Gasteiger charge is 2.20.